The van der Waals surface area contributed by atoms with Gasteiger partial charge in [-0.1, -0.05) is 51.5 Å². The number of alkyl halides is 3. The second kappa shape index (κ2) is 11.4. The highest BCUT2D eigenvalue weighted by Crippen LogP contribution is 2.35. The maximum absolute atomic E-state index is 13.3. The van der Waals surface area contributed by atoms with Gasteiger partial charge < -0.3 is 10.3 Å². The lowest BCUT2D eigenvalue weighted by atomic mass is 9.96. The standard InChI is InChI=1S/C23H30F3N5O.C2H6/c1-2-3-19-15-30(14-17-6-4-16(13-27)5-7-17)22(32)20-12-21(28-31(19)20)29-10-8-18(9-11-29)23(24,25)26;1-2/h4-7,12-13,18-19,21,27-28H,2-3,8-11,14-15H2,1H3;1-2H3. The summed E-state index contributed by atoms with van der Waals surface area (Å²) in [5.74, 6) is -1.30. The second-order valence-corrected chi connectivity index (χ2v) is 8.86. The van der Waals surface area contributed by atoms with Gasteiger partial charge in [0.15, 0.2) is 0 Å². The number of fused-ring (bicyclic) bond motifs is 1. The van der Waals surface area contributed by atoms with Gasteiger partial charge in [0, 0.05) is 32.4 Å². The Hall–Kier alpha value is -2.39. The van der Waals surface area contributed by atoms with E-state index in [9.17, 15) is 18.0 Å². The van der Waals surface area contributed by atoms with E-state index >= 15 is 0 Å². The van der Waals surface area contributed by atoms with E-state index in [0.29, 0.717) is 31.9 Å². The number of carbonyl (C=O) groups excluding carboxylic acids is 1. The van der Waals surface area contributed by atoms with Crippen LogP contribution in [0.15, 0.2) is 36.0 Å². The molecule has 0 aromatic heterocycles. The summed E-state index contributed by atoms with van der Waals surface area (Å²) < 4.78 is 39.1. The monoisotopic (exact) mass is 479 g/mol. The molecule has 0 spiro atoms. The zero-order valence-corrected chi connectivity index (χ0v) is 20.2. The molecule has 0 aliphatic carbocycles. The molecule has 188 valence electrons. The number of piperidine rings is 1. The fourth-order valence-corrected chi connectivity index (χ4v) is 4.86. The van der Waals surface area contributed by atoms with Crippen molar-refractivity contribution in [1.82, 2.24) is 20.2 Å². The number of piperazine rings is 1. The van der Waals surface area contributed by atoms with Crippen molar-refractivity contribution in [2.45, 2.75) is 71.4 Å². The predicted molar refractivity (Wildman–Crippen MR) is 127 cm³/mol. The van der Waals surface area contributed by atoms with Crippen LogP contribution < -0.4 is 5.43 Å². The molecule has 2 unspecified atom stereocenters. The highest BCUT2D eigenvalue weighted by molar-refractivity contribution is 5.94. The van der Waals surface area contributed by atoms with Crippen LogP contribution in [0.4, 0.5) is 13.2 Å². The van der Waals surface area contributed by atoms with Crippen molar-refractivity contribution in [2.75, 3.05) is 19.6 Å². The molecule has 3 aliphatic heterocycles. The van der Waals surface area contributed by atoms with E-state index in [2.05, 4.69) is 12.3 Å². The molecule has 0 radical (unpaired) electrons. The highest BCUT2D eigenvalue weighted by Gasteiger charge is 2.45. The smallest absolute Gasteiger partial charge is 0.331 e. The van der Waals surface area contributed by atoms with Gasteiger partial charge in [-0.2, -0.15) is 13.2 Å². The van der Waals surface area contributed by atoms with Crippen LogP contribution in [-0.2, 0) is 11.3 Å². The third-order valence-electron chi connectivity index (χ3n) is 6.68. The van der Waals surface area contributed by atoms with E-state index in [1.54, 1.807) is 0 Å². The number of hydrazine groups is 1. The van der Waals surface area contributed by atoms with Crippen molar-refractivity contribution in [2.24, 2.45) is 5.92 Å². The summed E-state index contributed by atoms with van der Waals surface area (Å²) in [5, 5.41) is 9.27. The van der Waals surface area contributed by atoms with Crippen LogP contribution in [0.3, 0.4) is 0 Å². The molecule has 2 saturated heterocycles. The number of benzene rings is 1. The van der Waals surface area contributed by atoms with Crippen LogP contribution in [0, 0.1) is 11.3 Å². The largest absolute Gasteiger partial charge is 0.391 e. The molecule has 1 aromatic rings. The molecular formula is C25H36F3N5O. The lowest BCUT2D eigenvalue weighted by Crippen LogP contribution is -2.59. The Morgan fingerprint density at radius 2 is 1.79 bits per heavy atom. The Morgan fingerprint density at radius 3 is 2.35 bits per heavy atom. The van der Waals surface area contributed by atoms with Crippen LogP contribution in [0.2, 0.25) is 0 Å². The molecule has 1 aromatic carbocycles. The average Bonchev–Trinajstić information content (AvgIpc) is 3.30. The SMILES string of the molecule is CC.CCCC1CN(Cc2ccc(C=N)cc2)C(=O)C2=CC(N3CCC(C(F)(F)F)CC3)NN21. The molecule has 6 nitrogen and oxygen atoms in total. The van der Waals surface area contributed by atoms with Gasteiger partial charge >= 0.3 is 6.18 Å². The van der Waals surface area contributed by atoms with E-state index in [1.807, 2.05) is 59.0 Å². The highest BCUT2D eigenvalue weighted by atomic mass is 19.4. The number of hydrogen-bond donors (Lipinski definition) is 2. The fraction of sp³-hybridized carbons (Fsp3) is 0.600. The first-order chi connectivity index (χ1) is 16.3. The minimum Gasteiger partial charge on any atom is -0.331 e. The quantitative estimate of drug-likeness (QED) is 0.589. The van der Waals surface area contributed by atoms with Gasteiger partial charge in [0.05, 0.1) is 18.1 Å². The van der Waals surface area contributed by atoms with Crippen molar-refractivity contribution in [3.63, 3.8) is 0 Å². The Morgan fingerprint density at radius 1 is 1.15 bits per heavy atom. The zero-order valence-electron chi connectivity index (χ0n) is 20.2. The van der Waals surface area contributed by atoms with Crippen molar-refractivity contribution in [3.8, 4) is 0 Å². The number of rotatable bonds is 6. The maximum Gasteiger partial charge on any atom is 0.391 e. The molecule has 2 atom stereocenters. The number of nitrogens with zero attached hydrogens (tertiary/aromatic N) is 3. The third kappa shape index (κ3) is 5.81. The maximum atomic E-state index is 13.3. The zero-order chi connectivity index (χ0) is 24.9. The molecule has 1 amide bonds. The molecule has 34 heavy (non-hydrogen) atoms. The molecule has 2 fully saturated rings. The number of nitrogens with one attached hydrogen (secondary N) is 2. The summed E-state index contributed by atoms with van der Waals surface area (Å²) >= 11 is 0. The number of carbonyl (C=O) groups is 1. The van der Waals surface area contributed by atoms with Gasteiger partial charge in [-0.25, -0.2) is 5.43 Å². The van der Waals surface area contributed by atoms with E-state index in [1.165, 1.54) is 6.21 Å². The molecule has 3 heterocycles. The minimum atomic E-state index is -4.13. The molecule has 2 N–H and O–H groups in total. The van der Waals surface area contributed by atoms with E-state index in [0.717, 1.165) is 24.0 Å². The van der Waals surface area contributed by atoms with Gasteiger partial charge in [0.1, 0.15) is 5.70 Å². The van der Waals surface area contributed by atoms with Crippen LogP contribution in [0.1, 0.15) is 57.6 Å². The van der Waals surface area contributed by atoms with Crippen molar-refractivity contribution in [3.05, 3.63) is 47.2 Å². The van der Waals surface area contributed by atoms with Crippen LogP contribution in [0.25, 0.3) is 0 Å². The summed E-state index contributed by atoms with van der Waals surface area (Å²) in [6.45, 7) is 7.90. The van der Waals surface area contributed by atoms with Crippen molar-refractivity contribution < 1.29 is 18.0 Å². The van der Waals surface area contributed by atoms with E-state index < -0.39 is 12.1 Å². The van der Waals surface area contributed by atoms with Gasteiger partial charge in [-0.05, 0) is 36.5 Å². The number of hydrogen-bond acceptors (Lipinski definition) is 5. The summed E-state index contributed by atoms with van der Waals surface area (Å²) in [5.41, 5.74) is 5.80. The second-order valence-electron chi connectivity index (χ2n) is 8.86. The first-order valence-corrected chi connectivity index (χ1v) is 12.3. The summed E-state index contributed by atoms with van der Waals surface area (Å²) in [7, 11) is 0. The van der Waals surface area contributed by atoms with E-state index in [-0.39, 0.29) is 31.0 Å². The summed E-state index contributed by atoms with van der Waals surface area (Å²) in [6, 6.07) is 7.71. The molecule has 0 bridgehead atoms. The Bertz CT molecular complexity index is 862. The first kappa shape index (κ1) is 26.2. The Labute approximate surface area is 200 Å². The van der Waals surface area contributed by atoms with Crippen LogP contribution in [-0.4, -0.2) is 64.9 Å². The van der Waals surface area contributed by atoms with Gasteiger partial charge in [-0.3, -0.25) is 14.7 Å². The topological polar surface area (TPSA) is 62.7 Å². The Balaban J connectivity index is 0.00000158. The third-order valence-corrected chi connectivity index (χ3v) is 6.68. The van der Waals surface area contributed by atoms with E-state index in [4.69, 9.17) is 5.41 Å². The van der Waals surface area contributed by atoms with Crippen molar-refractivity contribution in [1.29, 1.82) is 5.41 Å². The predicted octanol–water partition coefficient (Wildman–Crippen LogP) is 4.53. The molecule has 3 aliphatic rings. The molecule has 0 saturated carbocycles. The number of amides is 1. The normalized spacial score (nSPS) is 23.8. The van der Waals surface area contributed by atoms with Gasteiger partial charge in [0.25, 0.3) is 5.91 Å². The number of likely N-dealkylation sites (tertiary alicyclic amines) is 1. The fourth-order valence-electron chi connectivity index (χ4n) is 4.86. The summed E-state index contributed by atoms with van der Waals surface area (Å²) in [6.07, 6.45) is 0.835. The lowest BCUT2D eigenvalue weighted by Gasteiger charge is -2.42. The summed E-state index contributed by atoms with van der Waals surface area (Å²) in [4.78, 5) is 17.1. The van der Waals surface area contributed by atoms with Crippen molar-refractivity contribution >= 4 is 12.1 Å². The van der Waals surface area contributed by atoms with Crippen LogP contribution in [0.5, 0.6) is 0 Å². The van der Waals surface area contributed by atoms with Gasteiger partial charge in [-0.15, -0.1) is 0 Å². The molecular weight excluding hydrogens is 443 g/mol. The molecule has 9 heteroatoms. The minimum absolute atomic E-state index is 0.0614. The lowest BCUT2D eigenvalue weighted by molar-refractivity contribution is -0.186. The van der Waals surface area contributed by atoms with Gasteiger partial charge in [0.2, 0.25) is 0 Å². The average molecular weight is 480 g/mol. The first-order valence-electron chi connectivity index (χ1n) is 12.3. The molecule has 4 rings (SSSR count). The van der Waals surface area contributed by atoms with Crippen LogP contribution >= 0.6 is 0 Å². The Kier molecular flexibility index (Phi) is 8.76. The number of halogens is 3.